The highest BCUT2D eigenvalue weighted by molar-refractivity contribution is 4.84. The Kier molecular flexibility index (Phi) is 7.32. The molecule has 0 aromatic rings. The van der Waals surface area contributed by atoms with Crippen molar-refractivity contribution in [1.82, 2.24) is 10.2 Å². The minimum atomic E-state index is 0.525. The van der Waals surface area contributed by atoms with Crippen LogP contribution < -0.4 is 5.32 Å². The zero-order chi connectivity index (χ0) is 14.2. The predicted octanol–water partition coefficient (Wildman–Crippen LogP) is 3.05. The molecule has 3 nitrogen and oxygen atoms in total. The average molecular weight is 282 g/mol. The highest BCUT2D eigenvalue weighted by Gasteiger charge is 2.28. The van der Waals surface area contributed by atoms with E-state index in [1.807, 2.05) is 0 Å². The van der Waals surface area contributed by atoms with Gasteiger partial charge in [-0.15, -0.1) is 0 Å². The van der Waals surface area contributed by atoms with Crippen LogP contribution in [-0.4, -0.2) is 49.8 Å². The largest absolute Gasteiger partial charge is 0.378 e. The molecule has 0 aromatic heterocycles. The van der Waals surface area contributed by atoms with Gasteiger partial charge in [0, 0.05) is 32.3 Å². The van der Waals surface area contributed by atoms with Crippen molar-refractivity contribution in [3.63, 3.8) is 0 Å². The standard InChI is InChI=1S/C17H34N2O/c1-3-11-18-17-8-6-5-7-15(17)14-19-12-9-16(10-13-19)20-4-2/h15-18H,3-14H2,1-2H3. The summed E-state index contributed by atoms with van der Waals surface area (Å²) in [6.07, 6.45) is 9.91. The van der Waals surface area contributed by atoms with Gasteiger partial charge in [-0.25, -0.2) is 0 Å². The molecule has 1 N–H and O–H groups in total. The Morgan fingerprint density at radius 2 is 1.80 bits per heavy atom. The molecule has 118 valence electrons. The number of nitrogens with one attached hydrogen (secondary N) is 1. The number of hydrogen-bond donors (Lipinski definition) is 1. The molecule has 1 aliphatic carbocycles. The Morgan fingerprint density at radius 3 is 2.50 bits per heavy atom. The summed E-state index contributed by atoms with van der Waals surface area (Å²) in [5.41, 5.74) is 0. The van der Waals surface area contributed by atoms with Gasteiger partial charge in [-0.05, 0) is 51.5 Å². The Morgan fingerprint density at radius 1 is 1.05 bits per heavy atom. The third-order valence-electron chi connectivity index (χ3n) is 5.00. The predicted molar refractivity (Wildman–Crippen MR) is 85.1 cm³/mol. The maximum atomic E-state index is 5.76. The first-order valence-electron chi connectivity index (χ1n) is 8.90. The minimum Gasteiger partial charge on any atom is -0.378 e. The van der Waals surface area contributed by atoms with Gasteiger partial charge in [0.2, 0.25) is 0 Å². The van der Waals surface area contributed by atoms with Gasteiger partial charge in [-0.1, -0.05) is 19.8 Å². The molecule has 0 amide bonds. The number of rotatable bonds is 7. The molecule has 2 rings (SSSR count). The van der Waals surface area contributed by atoms with E-state index >= 15 is 0 Å². The van der Waals surface area contributed by atoms with E-state index < -0.39 is 0 Å². The summed E-state index contributed by atoms with van der Waals surface area (Å²) in [4.78, 5) is 2.69. The quantitative estimate of drug-likeness (QED) is 0.777. The summed E-state index contributed by atoms with van der Waals surface area (Å²) in [7, 11) is 0. The Bertz CT molecular complexity index is 251. The maximum Gasteiger partial charge on any atom is 0.0599 e. The molecule has 1 heterocycles. The monoisotopic (exact) mass is 282 g/mol. The third-order valence-corrected chi connectivity index (χ3v) is 5.00. The van der Waals surface area contributed by atoms with Crippen LogP contribution >= 0.6 is 0 Å². The third kappa shape index (κ3) is 5.01. The van der Waals surface area contributed by atoms with E-state index in [0.717, 1.165) is 18.6 Å². The van der Waals surface area contributed by atoms with E-state index in [9.17, 15) is 0 Å². The second-order valence-corrected chi connectivity index (χ2v) is 6.56. The molecule has 0 bridgehead atoms. The molecule has 0 spiro atoms. The van der Waals surface area contributed by atoms with Crippen LogP contribution in [0.3, 0.4) is 0 Å². The van der Waals surface area contributed by atoms with Gasteiger partial charge in [0.1, 0.15) is 0 Å². The molecule has 0 aromatic carbocycles. The van der Waals surface area contributed by atoms with Gasteiger partial charge in [0.15, 0.2) is 0 Å². The molecule has 0 radical (unpaired) electrons. The van der Waals surface area contributed by atoms with Crippen molar-refractivity contribution in [1.29, 1.82) is 0 Å². The molecule has 2 unspecified atom stereocenters. The number of likely N-dealkylation sites (tertiary alicyclic amines) is 1. The van der Waals surface area contributed by atoms with Crippen LogP contribution in [0.2, 0.25) is 0 Å². The summed E-state index contributed by atoms with van der Waals surface area (Å²) in [6.45, 7) is 10.2. The molecule has 1 aliphatic heterocycles. The van der Waals surface area contributed by atoms with Gasteiger partial charge in [0.25, 0.3) is 0 Å². The Balaban J connectivity index is 1.73. The number of nitrogens with zero attached hydrogens (tertiary/aromatic N) is 1. The van der Waals surface area contributed by atoms with Gasteiger partial charge in [-0.2, -0.15) is 0 Å². The molecule has 2 aliphatic rings. The average Bonchev–Trinajstić information content (AvgIpc) is 2.49. The van der Waals surface area contributed by atoms with E-state index in [-0.39, 0.29) is 0 Å². The summed E-state index contributed by atoms with van der Waals surface area (Å²) in [6, 6.07) is 0.772. The summed E-state index contributed by atoms with van der Waals surface area (Å²) in [5.74, 6) is 0.874. The highest BCUT2D eigenvalue weighted by Crippen LogP contribution is 2.26. The first kappa shape index (κ1) is 16.3. The molecule has 2 fully saturated rings. The molecule has 2 atom stereocenters. The first-order chi connectivity index (χ1) is 9.83. The van der Waals surface area contributed by atoms with Crippen molar-refractivity contribution in [3.8, 4) is 0 Å². The maximum absolute atomic E-state index is 5.76. The smallest absolute Gasteiger partial charge is 0.0599 e. The first-order valence-corrected chi connectivity index (χ1v) is 8.90. The van der Waals surface area contributed by atoms with E-state index in [4.69, 9.17) is 4.74 Å². The Hall–Kier alpha value is -0.120. The molecule has 3 heteroatoms. The molecular weight excluding hydrogens is 248 g/mol. The lowest BCUT2D eigenvalue weighted by molar-refractivity contribution is 0.00829. The van der Waals surface area contributed by atoms with Crippen LogP contribution in [0.15, 0.2) is 0 Å². The number of hydrogen-bond acceptors (Lipinski definition) is 3. The second-order valence-electron chi connectivity index (χ2n) is 6.56. The summed E-state index contributed by atoms with van der Waals surface area (Å²) >= 11 is 0. The fourth-order valence-electron chi connectivity index (χ4n) is 3.85. The van der Waals surface area contributed by atoms with Crippen LogP contribution in [0.5, 0.6) is 0 Å². The van der Waals surface area contributed by atoms with Crippen molar-refractivity contribution in [3.05, 3.63) is 0 Å². The fourth-order valence-corrected chi connectivity index (χ4v) is 3.85. The van der Waals surface area contributed by atoms with Crippen LogP contribution in [0.4, 0.5) is 0 Å². The van der Waals surface area contributed by atoms with Crippen LogP contribution in [0.25, 0.3) is 0 Å². The Labute approximate surface area is 125 Å². The van der Waals surface area contributed by atoms with Crippen molar-refractivity contribution >= 4 is 0 Å². The zero-order valence-corrected chi connectivity index (χ0v) is 13.6. The van der Waals surface area contributed by atoms with E-state index in [0.29, 0.717) is 6.10 Å². The summed E-state index contributed by atoms with van der Waals surface area (Å²) in [5, 5.41) is 3.79. The topological polar surface area (TPSA) is 24.5 Å². The fraction of sp³-hybridized carbons (Fsp3) is 1.00. The lowest BCUT2D eigenvalue weighted by atomic mass is 9.83. The van der Waals surface area contributed by atoms with Gasteiger partial charge < -0.3 is 15.0 Å². The molecule has 1 saturated heterocycles. The van der Waals surface area contributed by atoms with E-state index in [1.54, 1.807) is 0 Å². The van der Waals surface area contributed by atoms with Gasteiger partial charge in [0.05, 0.1) is 6.10 Å². The van der Waals surface area contributed by atoms with Gasteiger partial charge >= 0.3 is 0 Å². The van der Waals surface area contributed by atoms with E-state index in [2.05, 4.69) is 24.1 Å². The number of piperidine rings is 1. The van der Waals surface area contributed by atoms with Crippen LogP contribution in [0.1, 0.15) is 58.8 Å². The lowest BCUT2D eigenvalue weighted by Gasteiger charge is -2.38. The van der Waals surface area contributed by atoms with Crippen molar-refractivity contribution in [2.24, 2.45) is 5.92 Å². The van der Waals surface area contributed by atoms with Crippen molar-refractivity contribution in [2.75, 3.05) is 32.8 Å². The van der Waals surface area contributed by atoms with Crippen molar-refractivity contribution < 1.29 is 4.74 Å². The van der Waals surface area contributed by atoms with E-state index in [1.165, 1.54) is 71.1 Å². The normalized spacial score (nSPS) is 29.7. The SMILES string of the molecule is CCCNC1CCCCC1CN1CCC(OCC)CC1. The zero-order valence-electron chi connectivity index (χ0n) is 13.6. The lowest BCUT2D eigenvalue weighted by Crippen LogP contribution is -2.47. The van der Waals surface area contributed by atoms with Crippen LogP contribution in [0, 0.1) is 5.92 Å². The van der Waals surface area contributed by atoms with Gasteiger partial charge in [-0.3, -0.25) is 0 Å². The van der Waals surface area contributed by atoms with Crippen molar-refractivity contribution in [2.45, 2.75) is 70.9 Å². The van der Waals surface area contributed by atoms with Crippen LogP contribution in [-0.2, 0) is 4.74 Å². The second kappa shape index (κ2) is 9.01. The highest BCUT2D eigenvalue weighted by atomic mass is 16.5. The summed E-state index contributed by atoms with van der Waals surface area (Å²) < 4.78 is 5.76. The number of ether oxygens (including phenoxy) is 1. The molecule has 20 heavy (non-hydrogen) atoms. The molecule has 1 saturated carbocycles. The minimum absolute atomic E-state index is 0.525. The molecular formula is C17H34N2O.